The maximum Gasteiger partial charge on any atom is 0.308 e. The zero-order chi connectivity index (χ0) is 10.9. The molecule has 0 bridgehead atoms. The van der Waals surface area contributed by atoms with Crippen LogP contribution in [0.1, 0.15) is 19.3 Å². The molecule has 15 heavy (non-hydrogen) atoms. The number of hydrogen-bond donors (Lipinski definition) is 2. The van der Waals surface area contributed by atoms with Crippen LogP contribution in [0, 0.1) is 11.3 Å². The Balaban J connectivity index is 2.16. The summed E-state index contributed by atoms with van der Waals surface area (Å²) in [5.41, 5.74) is 0.0730. The minimum atomic E-state index is -0.608. The van der Waals surface area contributed by atoms with E-state index in [-0.39, 0.29) is 11.3 Å². The molecule has 0 aliphatic carbocycles. The monoisotopic (exact) mass is 212 g/mol. The van der Waals surface area contributed by atoms with Gasteiger partial charge in [0.2, 0.25) is 0 Å². The zero-order valence-electron chi connectivity index (χ0n) is 9.33. The van der Waals surface area contributed by atoms with Gasteiger partial charge in [0.15, 0.2) is 0 Å². The minimum absolute atomic E-state index is 0.0730. The van der Waals surface area contributed by atoms with E-state index in [1.807, 2.05) is 7.05 Å². The van der Waals surface area contributed by atoms with Crippen molar-refractivity contribution in [2.75, 3.05) is 33.2 Å². The highest BCUT2D eigenvalue weighted by molar-refractivity contribution is 5.71. The van der Waals surface area contributed by atoms with E-state index in [9.17, 15) is 9.90 Å². The Morgan fingerprint density at radius 3 is 2.67 bits per heavy atom. The molecule has 2 saturated heterocycles. The van der Waals surface area contributed by atoms with Crippen molar-refractivity contribution >= 4 is 5.97 Å². The first-order chi connectivity index (χ1) is 7.14. The molecule has 0 aromatic heterocycles. The van der Waals surface area contributed by atoms with E-state index in [1.165, 1.54) is 0 Å². The van der Waals surface area contributed by atoms with E-state index in [1.54, 1.807) is 0 Å². The summed E-state index contributed by atoms with van der Waals surface area (Å²) in [6, 6.07) is 0. The van der Waals surface area contributed by atoms with Crippen LogP contribution in [-0.2, 0) is 4.79 Å². The van der Waals surface area contributed by atoms with Gasteiger partial charge in [-0.05, 0) is 51.4 Å². The Kier molecular flexibility index (Phi) is 2.98. The molecule has 2 fully saturated rings. The summed E-state index contributed by atoms with van der Waals surface area (Å²) < 4.78 is 0. The molecule has 0 radical (unpaired) electrons. The topological polar surface area (TPSA) is 52.6 Å². The van der Waals surface area contributed by atoms with Gasteiger partial charge in [0.1, 0.15) is 0 Å². The van der Waals surface area contributed by atoms with Crippen LogP contribution in [0.4, 0.5) is 0 Å². The Hall–Kier alpha value is -0.610. The number of piperidine rings is 2. The van der Waals surface area contributed by atoms with E-state index in [0.717, 1.165) is 45.4 Å². The highest BCUT2D eigenvalue weighted by atomic mass is 16.4. The zero-order valence-corrected chi connectivity index (χ0v) is 9.33. The van der Waals surface area contributed by atoms with Gasteiger partial charge in [0.25, 0.3) is 0 Å². The van der Waals surface area contributed by atoms with Gasteiger partial charge in [-0.15, -0.1) is 0 Å². The Morgan fingerprint density at radius 2 is 2.07 bits per heavy atom. The second kappa shape index (κ2) is 4.10. The average molecular weight is 212 g/mol. The van der Waals surface area contributed by atoms with Crippen LogP contribution in [0.5, 0.6) is 0 Å². The molecule has 2 rings (SSSR count). The molecule has 4 heteroatoms. The van der Waals surface area contributed by atoms with Gasteiger partial charge < -0.3 is 15.3 Å². The lowest BCUT2D eigenvalue weighted by Crippen LogP contribution is -2.53. The molecule has 1 atom stereocenters. The second-order valence-corrected chi connectivity index (χ2v) is 5.02. The molecular weight excluding hydrogens is 192 g/mol. The normalized spacial score (nSPS) is 31.7. The number of hydrogen-bond acceptors (Lipinski definition) is 3. The molecule has 2 aliphatic heterocycles. The predicted octanol–water partition coefficient (Wildman–Crippen LogP) is 0.393. The molecule has 0 amide bonds. The van der Waals surface area contributed by atoms with Crippen molar-refractivity contribution in [1.82, 2.24) is 10.2 Å². The molecule has 86 valence electrons. The first kappa shape index (κ1) is 10.9. The number of rotatable bonds is 1. The average Bonchev–Trinajstić information content (AvgIpc) is 2.23. The number of aliphatic carboxylic acids is 1. The maximum atomic E-state index is 11.3. The standard InChI is InChI=1S/C11H20N2O2/c1-13-7-4-11(2-5-12-6-3-11)9(8-13)10(14)15/h9,12H,2-8H2,1H3,(H,14,15). The first-order valence-electron chi connectivity index (χ1n) is 5.76. The molecule has 1 spiro atoms. The number of nitrogens with zero attached hydrogens (tertiary/aromatic N) is 1. The summed E-state index contributed by atoms with van der Waals surface area (Å²) in [4.78, 5) is 13.5. The molecule has 0 saturated carbocycles. The van der Waals surface area contributed by atoms with Crippen LogP contribution in [0.2, 0.25) is 0 Å². The number of nitrogens with one attached hydrogen (secondary N) is 1. The molecule has 0 aromatic rings. The van der Waals surface area contributed by atoms with Crippen LogP contribution in [0.25, 0.3) is 0 Å². The third-order valence-corrected chi connectivity index (χ3v) is 4.12. The maximum absolute atomic E-state index is 11.3. The van der Waals surface area contributed by atoms with Crippen LogP contribution >= 0.6 is 0 Å². The first-order valence-corrected chi connectivity index (χ1v) is 5.76. The smallest absolute Gasteiger partial charge is 0.308 e. The van der Waals surface area contributed by atoms with Crippen LogP contribution in [0.15, 0.2) is 0 Å². The summed E-state index contributed by atoms with van der Waals surface area (Å²) in [5, 5.41) is 12.6. The number of carboxylic acids is 1. The lowest BCUT2D eigenvalue weighted by molar-refractivity contribution is -0.151. The lowest BCUT2D eigenvalue weighted by atomic mass is 9.65. The van der Waals surface area contributed by atoms with Crippen molar-refractivity contribution in [3.05, 3.63) is 0 Å². The summed E-state index contributed by atoms with van der Waals surface area (Å²) in [5.74, 6) is -0.776. The van der Waals surface area contributed by atoms with Crippen LogP contribution in [0.3, 0.4) is 0 Å². The predicted molar refractivity (Wildman–Crippen MR) is 57.8 cm³/mol. The van der Waals surface area contributed by atoms with E-state index in [4.69, 9.17) is 0 Å². The fraction of sp³-hybridized carbons (Fsp3) is 0.909. The highest BCUT2D eigenvalue weighted by Gasteiger charge is 2.46. The molecular formula is C11H20N2O2. The van der Waals surface area contributed by atoms with Crippen LogP contribution < -0.4 is 5.32 Å². The quantitative estimate of drug-likeness (QED) is 0.660. The minimum Gasteiger partial charge on any atom is -0.481 e. The Bertz CT molecular complexity index is 249. The van der Waals surface area contributed by atoms with Gasteiger partial charge in [-0.25, -0.2) is 0 Å². The lowest BCUT2D eigenvalue weighted by Gasteiger charge is -2.47. The van der Waals surface area contributed by atoms with Gasteiger partial charge in [-0.3, -0.25) is 4.79 Å². The molecule has 1 unspecified atom stereocenters. The SMILES string of the molecule is CN1CCC2(CCNCC2)C(C(=O)O)C1. The molecule has 0 aromatic carbocycles. The van der Waals surface area contributed by atoms with E-state index in [2.05, 4.69) is 10.2 Å². The van der Waals surface area contributed by atoms with Gasteiger partial charge in [-0.2, -0.15) is 0 Å². The molecule has 2 aliphatic rings. The number of carboxylic acid groups (broad SMARTS) is 1. The van der Waals surface area contributed by atoms with E-state index in [0.29, 0.717) is 0 Å². The third kappa shape index (κ3) is 2.01. The second-order valence-electron chi connectivity index (χ2n) is 5.02. The number of carbonyl (C=O) groups is 1. The van der Waals surface area contributed by atoms with Crippen molar-refractivity contribution in [2.45, 2.75) is 19.3 Å². The van der Waals surface area contributed by atoms with Crippen LogP contribution in [-0.4, -0.2) is 49.2 Å². The van der Waals surface area contributed by atoms with Gasteiger partial charge in [-0.1, -0.05) is 0 Å². The highest BCUT2D eigenvalue weighted by Crippen LogP contribution is 2.43. The van der Waals surface area contributed by atoms with E-state index >= 15 is 0 Å². The van der Waals surface area contributed by atoms with Crippen molar-refractivity contribution < 1.29 is 9.90 Å². The fourth-order valence-electron chi connectivity index (χ4n) is 3.05. The largest absolute Gasteiger partial charge is 0.481 e. The summed E-state index contributed by atoms with van der Waals surface area (Å²) in [6.07, 6.45) is 3.10. The van der Waals surface area contributed by atoms with Crippen molar-refractivity contribution in [3.63, 3.8) is 0 Å². The van der Waals surface area contributed by atoms with Gasteiger partial charge in [0, 0.05) is 6.54 Å². The van der Waals surface area contributed by atoms with Gasteiger partial charge in [0.05, 0.1) is 5.92 Å². The third-order valence-electron chi connectivity index (χ3n) is 4.12. The van der Waals surface area contributed by atoms with Gasteiger partial charge >= 0.3 is 5.97 Å². The summed E-state index contributed by atoms with van der Waals surface area (Å²) in [7, 11) is 2.02. The van der Waals surface area contributed by atoms with Crippen molar-refractivity contribution in [1.29, 1.82) is 0 Å². The molecule has 4 nitrogen and oxygen atoms in total. The summed E-state index contributed by atoms with van der Waals surface area (Å²) in [6.45, 7) is 3.72. The molecule has 2 N–H and O–H groups in total. The number of likely N-dealkylation sites (tertiary alicyclic amines) is 1. The Morgan fingerprint density at radius 1 is 1.40 bits per heavy atom. The fourth-order valence-corrected chi connectivity index (χ4v) is 3.05. The van der Waals surface area contributed by atoms with Crippen molar-refractivity contribution in [3.8, 4) is 0 Å². The Labute approximate surface area is 90.6 Å². The summed E-state index contributed by atoms with van der Waals surface area (Å²) >= 11 is 0. The van der Waals surface area contributed by atoms with E-state index < -0.39 is 5.97 Å². The van der Waals surface area contributed by atoms with Crippen molar-refractivity contribution in [2.24, 2.45) is 11.3 Å². The molecule has 2 heterocycles.